The van der Waals surface area contributed by atoms with E-state index >= 15 is 0 Å². The fraction of sp³-hybridized carbons (Fsp3) is 0.545. The average molecular weight is 209 g/mol. The standard InChI is InChI=1S/C11H15NOS/c1-8-10(4-6-14-8)11(13)9-3-2-5-12-7-9/h4,6,9,12H,2-3,5,7H2,1H3. The fourth-order valence-electron chi connectivity index (χ4n) is 1.94. The van der Waals surface area contributed by atoms with E-state index in [1.807, 2.05) is 18.4 Å². The normalized spacial score (nSPS) is 22.2. The molecule has 0 radical (unpaired) electrons. The van der Waals surface area contributed by atoms with Crippen LogP contribution in [0.3, 0.4) is 0 Å². The van der Waals surface area contributed by atoms with Crippen molar-refractivity contribution in [2.45, 2.75) is 19.8 Å². The molecule has 2 nitrogen and oxygen atoms in total. The molecule has 0 bridgehead atoms. The van der Waals surface area contributed by atoms with Crippen molar-refractivity contribution in [1.82, 2.24) is 5.32 Å². The minimum absolute atomic E-state index is 0.206. The molecule has 1 unspecified atom stereocenters. The predicted molar refractivity (Wildman–Crippen MR) is 59.0 cm³/mol. The zero-order valence-electron chi connectivity index (χ0n) is 8.38. The van der Waals surface area contributed by atoms with E-state index < -0.39 is 0 Å². The van der Waals surface area contributed by atoms with Crippen molar-refractivity contribution in [3.8, 4) is 0 Å². The SMILES string of the molecule is Cc1sccc1C(=O)C1CCCNC1. The maximum absolute atomic E-state index is 12.0. The Morgan fingerprint density at radius 3 is 3.07 bits per heavy atom. The molecule has 2 rings (SSSR count). The van der Waals surface area contributed by atoms with E-state index in [1.165, 1.54) is 0 Å². The first kappa shape index (κ1) is 9.87. The molecule has 1 N–H and O–H groups in total. The first-order valence-electron chi connectivity index (χ1n) is 5.08. The number of carbonyl (C=O) groups is 1. The third-order valence-electron chi connectivity index (χ3n) is 2.79. The molecule has 1 aliphatic rings. The molecule has 0 aliphatic carbocycles. The van der Waals surface area contributed by atoms with E-state index in [0.717, 1.165) is 36.4 Å². The van der Waals surface area contributed by atoms with Crippen LogP contribution in [0.4, 0.5) is 0 Å². The van der Waals surface area contributed by atoms with E-state index in [9.17, 15) is 4.79 Å². The quantitative estimate of drug-likeness (QED) is 0.757. The summed E-state index contributed by atoms with van der Waals surface area (Å²) in [5.41, 5.74) is 0.934. The number of hydrogen-bond acceptors (Lipinski definition) is 3. The lowest BCUT2D eigenvalue weighted by Crippen LogP contribution is -2.34. The molecule has 0 spiro atoms. The summed E-state index contributed by atoms with van der Waals surface area (Å²) < 4.78 is 0. The number of Topliss-reactive ketones (excluding diaryl/α,β-unsaturated/α-hetero) is 1. The van der Waals surface area contributed by atoms with Crippen molar-refractivity contribution < 1.29 is 4.79 Å². The maximum atomic E-state index is 12.0. The highest BCUT2D eigenvalue weighted by molar-refractivity contribution is 7.10. The molecule has 14 heavy (non-hydrogen) atoms. The van der Waals surface area contributed by atoms with E-state index in [4.69, 9.17) is 0 Å². The molecule has 76 valence electrons. The van der Waals surface area contributed by atoms with Gasteiger partial charge in [0.25, 0.3) is 0 Å². The lowest BCUT2D eigenvalue weighted by atomic mass is 9.91. The number of ketones is 1. The molecule has 1 fully saturated rings. The number of hydrogen-bond donors (Lipinski definition) is 1. The molecule has 1 saturated heterocycles. The van der Waals surface area contributed by atoms with Gasteiger partial charge in [-0.2, -0.15) is 0 Å². The van der Waals surface area contributed by atoms with Crippen molar-refractivity contribution in [3.63, 3.8) is 0 Å². The molecule has 2 heterocycles. The Labute approximate surface area is 88.3 Å². The molecule has 0 aromatic carbocycles. The Morgan fingerprint density at radius 2 is 2.50 bits per heavy atom. The Kier molecular flexibility index (Phi) is 2.99. The molecule has 0 amide bonds. The number of nitrogens with one attached hydrogen (secondary N) is 1. The molecular formula is C11H15NOS. The van der Waals surface area contributed by atoms with Gasteiger partial charge in [0.2, 0.25) is 0 Å². The van der Waals surface area contributed by atoms with Crippen molar-refractivity contribution in [2.75, 3.05) is 13.1 Å². The van der Waals surface area contributed by atoms with Gasteiger partial charge >= 0.3 is 0 Å². The Balaban J connectivity index is 2.11. The third kappa shape index (κ3) is 1.88. The number of rotatable bonds is 2. The summed E-state index contributed by atoms with van der Waals surface area (Å²) in [5.74, 6) is 0.535. The number of piperidine rings is 1. The lowest BCUT2D eigenvalue weighted by Gasteiger charge is -2.21. The van der Waals surface area contributed by atoms with Crippen LogP contribution in [0.15, 0.2) is 11.4 Å². The maximum Gasteiger partial charge on any atom is 0.168 e. The summed E-state index contributed by atoms with van der Waals surface area (Å²) in [4.78, 5) is 13.2. The zero-order chi connectivity index (χ0) is 9.97. The second-order valence-electron chi connectivity index (χ2n) is 3.80. The summed E-state index contributed by atoms with van der Waals surface area (Å²) in [5, 5.41) is 5.28. The van der Waals surface area contributed by atoms with Crippen LogP contribution in [-0.2, 0) is 0 Å². The van der Waals surface area contributed by atoms with Gasteiger partial charge in [0, 0.05) is 22.9 Å². The third-order valence-corrected chi connectivity index (χ3v) is 3.64. The molecule has 0 saturated carbocycles. The van der Waals surface area contributed by atoms with Gasteiger partial charge < -0.3 is 5.32 Å². The predicted octanol–water partition coefficient (Wildman–Crippen LogP) is 2.24. The van der Waals surface area contributed by atoms with Crippen molar-refractivity contribution in [3.05, 3.63) is 21.9 Å². The molecule has 1 aromatic rings. The minimum Gasteiger partial charge on any atom is -0.316 e. The van der Waals surface area contributed by atoms with E-state index in [0.29, 0.717) is 5.78 Å². The summed E-state index contributed by atoms with van der Waals surface area (Å²) >= 11 is 1.66. The Morgan fingerprint density at radius 1 is 1.64 bits per heavy atom. The summed E-state index contributed by atoms with van der Waals surface area (Å²) in [6, 6.07) is 1.96. The number of aryl methyl sites for hydroxylation is 1. The van der Waals surface area contributed by atoms with Gasteiger partial charge in [0.1, 0.15) is 0 Å². The fourth-order valence-corrected chi connectivity index (χ4v) is 2.64. The molecule has 1 aliphatic heterocycles. The van der Waals surface area contributed by atoms with Crippen LogP contribution in [0.5, 0.6) is 0 Å². The second kappa shape index (κ2) is 4.24. The van der Waals surface area contributed by atoms with E-state index in [-0.39, 0.29) is 5.92 Å². The van der Waals surface area contributed by atoms with Gasteiger partial charge in [-0.3, -0.25) is 4.79 Å². The second-order valence-corrected chi connectivity index (χ2v) is 4.92. The van der Waals surface area contributed by atoms with Crippen LogP contribution in [0.1, 0.15) is 28.1 Å². The molecule has 3 heteroatoms. The molecule has 1 aromatic heterocycles. The molecule has 1 atom stereocenters. The Bertz CT molecular complexity index is 326. The van der Waals surface area contributed by atoms with Crippen molar-refractivity contribution >= 4 is 17.1 Å². The topological polar surface area (TPSA) is 29.1 Å². The number of thiophene rings is 1. The first-order chi connectivity index (χ1) is 6.79. The average Bonchev–Trinajstić information content (AvgIpc) is 2.65. The van der Waals surface area contributed by atoms with Crippen LogP contribution in [0.25, 0.3) is 0 Å². The van der Waals surface area contributed by atoms with E-state index in [2.05, 4.69) is 5.32 Å². The van der Waals surface area contributed by atoms with Crippen LogP contribution < -0.4 is 5.32 Å². The van der Waals surface area contributed by atoms with Crippen LogP contribution in [0, 0.1) is 12.8 Å². The highest BCUT2D eigenvalue weighted by atomic mass is 32.1. The van der Waals surface area contributed by atoms with Gasteiger partial charge in [-0.05, 0) is 37.8 Å². The highest BCUT2D eigenvalue weighted by Crippen LogP contribution is 2.22. The van der Waals surface area contributed by atoms with Crippen molar-refractivity contribution in [1.29, 1.82) is 0 Å². The largest absolute Gasteiger partial charge is 0.316 e. The lowest BCUT2D eigenvalue weighted by molar-refractivity contribution is 0.0899. The first-order valence-corrected chi connectivity index (χ1v) is 5.96. The minimum atomic E-state index is 0.206. The van der Waals surface area contributed by atoms with Crippen molar-refractivity contribution in [2.24, 2.45) is 5.92 Å². The van der Waals surface area contributed by atoms with Gasteiger partial charge in [0.15, 0.2) is 5.78 Å². The summed E-state index contributed by atoms with van der Waals surface area (Å²) in [6.45, 7) is 3.94. The van der Waals surface area contributed by atoms with Crippen LogP contribution in [-0.4, -0.2) is 18.9 Å². The van der Waals surface area contributed by atoms with Crippen LogP contribution in [0.2, 0.25) is 0 Å². The van der Waals surface area contributed by atoms with Gasteiger partial charge in [-0.1, -0.05) is 0 Å². The zero-order valence-corrected chi connectivity index (χ0v) is 9.19. The summed E-state index contributed by atoms with van der Waals surface area (Å²) in [7, 11) is 0. The summed E-state index contributed by atoms with van der Waals surface area (Å²) in [6.07, 6.45) is 2.17. The van der Waals surface area contributed by atoms with Gasteiger partial charge in [0.05, 0.1) is 0 Å². The monoisotopic (exact) mass is 209 g/mol. The molecular weight excluding hydrogens is 194 g/mol. The van der Waals surface area contributed by atoms with Gasteiger partial charge in [-0.25, -0.2) is 0 Å². The number of carbonyl (C=O) groups excluding carboxylic acids is 1. The van der Waals surface area contributed by atoms with Crippen LogP contribution >= 0.6 is 11.3 Å². The van der Waals surface area contributed by atoms with E-state index in [1.54, 1.807) is 11.3 Å². The highest BCUT2D eigenvalue weighted by Gasteiger charge is 2.23. The smallest absolute Gasteiger partial charge is 0.168 e. The Hall–Kier alpha value is -0.670. The van der Waals surface area contributed by atoms with Gasteiger partial charge in [-0.15, -0.1) is 11.3 Å².